The summed E-state index contributed by atoms with van der Waals surface area (Å²) in [5.41, 5.74) is 1.95. The van der Waals surface area contributed by atoms with Crippen molar-refractivity contribution in [2.24, 2.45) is 0 Å². The van der Waals surface area contributed by atoms with E-state index in [0.717, 1.165) is 5.56 Å². The van der Waals surface area contributed by atoms with Gasteiger partial charge in [-0.2, -0.15) is 0 Å². The summed E-state index contributed by atoms with van der Waals surface area (Å²) < 4.78 is 17.4. The second-order valence-electron chi connectivity index (χ2n) is 8.95. The van der Waals surface area contributed by atoms with Crippen molar-refractivity contribution < 1.29 is 28.9 Å². The third-order valence-electron chi connectivity index (χ3n) is 5.81. The fraction of sp³-hybridized carbons (Fsp3) is 0.286. The maximum absolute atomic E-state index is 12.9. The van der Waals surface area contributed by atoms with E-state index in [4.69, 9.17) is 37.4 Å². The molecule has 2 unspecified atom stereocenters. The Morgan fingerprint density at radius 2 is 1.78 bits per heavy atom. The van der Waals surface area contributed by atoms with Crippen molar-refractivity contribution in [3.05, 3.63) is 87.4 Å². The van der Waals surface area contributed by atoms with Crippen LogP contribution in [0.1, 0.15) is 47.7 Å². The van der Waals surface area contributed by atoms with Crippen LogP contribution in [0.2, 0.25) is 10.0 Å². The lowest BCUT2D eigenvalue weighted by molar-refractivity contribution is -0.139. The van der Waals surface area contributed by atoms with Gasteiger partial charge in [-0.05, 0) is 68.3 Å². The molecule has 7 nitrogen and oxygen atoms in total. The van der Waals surface area contributed by atoms with Crippen LogP contribution in [0.5, 0.6) is 17.2 Å². The number of ether oxygens (including phenoxy) is 3. The number of carbonyl (C=O) groups excluding carboxylic acids is 1. The van der Waals surface area contributed by atoms with Crippen molar-refractivity contribution >= 4 is 35.1 Å². The number of rotatable bonds is 9. The lowest BCUT2D eigenvalue weighted by Gasteiger charge is -2.24. The number of carbonyl (C=O) groups is 2. The van der Waals surface area contributed by atoms with Crippen molar-refractivity contribution in [1.82, 2.24) is 5.32 Å². The van der Waals surface area contributed by atoms with E-state index in [1.54, 1.807) is 48.5 Å². The molecule has 0 aliphatic carbocycles. The van der Waals surface area contributed by atoms with Gasteiger partial charge in [0.1, 0.15) is 23.5 Å². The summed E-state index contributed by atoms with van der Waals surface area (Å²) in [5, 5.41) is 13.3. The molecule has 9 heteroatoms. The Bertz CT molecular complexity index is 1260. The standard InChI is InChI=1S/C28H27Cl2NO6/c1-16(2)36-26(13-17-3-7-19(29)8-4-17)31-27(32)18-5-9-20(10-6-18)37-25-15-24-22(14-23(25)30)21(28(33)34)11-12-35-24/h3-10,14-16,21,26H,11-13H2,1-2H3,(H,31,32)(H,33,34). The number of carboxylic acids is 1. The molecule has 1 heterocycles. The van der Waals surface area contributed by atoms with Crippen molar-refractivity contribution in [2.75, 3.05) is 6.61 Å². The lowest BCUT2D eigenvalue weighted by Crippen LogP contribution is -2.40. The summed E-state index contributed by atoms with van der Waals surface area (Å²) in [7, 11) is 0. The molecule has 2 N–H and O–H groups in total. The first-order valence-corrected chi connectivity index (χ1v) is 12.6. The first kappa shape index (κ1) is 26.8. The SMILES string of the molecule is CC(C)OC(Cc1ccc(Cl)cc1)NC(=O)c1ccc(Oc2cc3c(cc2Cl)C(C(=O)O)CCO3)cc1. The van der Waals surface area contributed by atoms with Crippen LogP contribution < -0.4 is 14.8 Å². The minimum Gasteiger partial charge on any atom is -0.493 e. The van der Waals surface area contributed by atoms with Crippen molar-refractivity contribution in [1.29, 1.82) is 0 Å². The maximum atomic E-state index is 12.9. The predicted octanol–water partition coefficient (Wildman–Crippen LogP) is 6.46. The summed E-state index contributed by atoms with van der Waals surface area (Å²) in [4.78, 5) is 24.5. The molecule has 3 aromatic rings. The number of amides is 1. The topological polar surface area (TPSA) is 94.1 Å². The van der Waals surface area contributed by atoms with E-state index in [1.165, 1.54) is 0 Å². The number of aliphatic carboxylic acids is 1. The molecule has 0 aromatic heterocycles. The number of hydrogen-bond donors (Lipinski definition) is 2. The van der Waals surface area contributed by atoms with Gasteiger partial charge in [-0.25, -0.2) is 0 Å². The van der Waals surface area contributed by atoms with Crippen molar-refractivity contribution in [3.63, 3.8) is 0 Å². The Balaban J connectivity index is 1.44. The Labute approximate surface area is 225 Å². The van der Waals surface area contributed by atoms with E-state index in [1.807, 2.05) is 26.0 Å². The first-order chi connectivity index (χ1) is 17.7. The van der Waals surface area contributed by atoms with Crippen LogP contribution in [-0.4, -0.2) is 35.9 Å². The van der Waals surface area contributed by atoms with Crippen LogP contribution in [0.15, 0.2) is 60.7 Å². The molecule has 3 aromatic carbocycles. The molecule has 1 amide bonds. The maximum Gasteiger partial charge on any atom is 0.311 e. The van der Waals surface area contributed by atoms with Crippen molar-refractivity contribution in [2.45, 2.75) is 44.9 Å². The van der Waals surface area contributed by atoms with E-state index in [9.17, 15) is 14.7 Å². The highest BCUT2D eigenvalue weighted by atomic mass is 35.5. The molecule has 0 fully saturated rings. The van der Waals surface area contributed by atoms with Gasteiger partial charge in [0.15, 0.2) is 0 Å². The molecule has 194 valence electrons. The molecule has 2 atom stereocenters. The molecule has 0 saturated carbocycles. The minimum atomic E-state index is -0.919. The van der Waals surface area contributed by atoms with Gasteiger partial charge in [-0.15, -0.1) is 0 Å². The Kier molecular flexibility index (Phi) is 8.59. The third kappa shape index (κ3) is 6.95. The van der Waals surface area contributed by atoms with E-state index < -0.39 is 18.1 Å². The summed E-state index contributed by atoms with van der Waals surface area (Å²) >= 11 is 12.3. The first-order valence-electron chi connectivity index (χ1n) is 11.9. The van der Waals surface area contributed by atoms with Crippen LogP contribution in [0.4, 0.5) is 0 Å². The van der Waals surface area contributed by atoms with E-state index in [2.05, 4.69) is 5.32 Å². The average Bonchev–Trinajstić information content (AvgIpc) is 2.85. The zero-order valence-corrected chi connectivity index (χ0v) is 21.9. The average molecular weight is 544 g/mol. The fourth-order valence-electron chi connectivity index (χ4n) is 4.05. The van der Waals surface area contributed by atoms with Gasteiger partial charge in [-0.1, -0.05) is 35.3 Å². The molecule has 0 saturated heterocycles. The summed E-state index contributed by atoms with van der Waals surface area (Å²) in [6, 6.07) is 17.2. The third-order valence-corrected chi connectivity index (χ3v) is 6.36. The monoisotopic (exact) mass is 543 g/mol. The highest BCUT2D eigenvalue weighted by Crippen LogP contribution is 2.41. The number of halogens is 2. The highest BCUT2D eigenvalue weighted by Gasteiger charge is 2.29. The highest BCUT2D eigenvalue weighted by molar-refractivity contribution is 6.32. The van der Waals surface area contributed by atoms with Crippen LogP contribution >= 0.6 is 23.2 Å². The number of benzene rings is 3. The molecule has 1 aliphatic rings. The largest absolute Gasteiger partial charge is 0.493 e. The molecule has 4 rings (SSSR count). The van der Waals surface area contributed by atoms with Crippen molar-refractivity contribution in [3.8, 4) is 17.2 Å². The molecular formula is C28H27Cl2NO6. The van der Waals surface area contributed by atoms with Crippen LogP contribution in [0.3, 0.4) is 0 Å². The minimum absolute atomic E-state index is 0.0792. The van der Waals surface area contributed by atoms with Gasteiger partial charge in [-0.3, -0.25) is 9.59 Å². The fourth-order valence-corrected chi connectivity index (χ4v) is 4.39. The zero-order valence-electron chi connectivity index (χ0n) is 20.4. The Hall–Kier alpha value is -3.26. The molecule has 0 spiro atoms. The Morgan fingerprint density at radius 3 is 2.43 bits per heavy atom. The second kappa shape index (κ2) is 11.9. The summed E-state index contributed by atoms with van der Waals surface area (Å²) in [6.07, 6.45) is 0.271. The van der Waals surface area contributed by atoms with Gasteiger partial charge < -0.3 is 24.6 Å². The normalized spacial score (nSPS) is 15.4. The number of carboxylic acid groups (broad SMARTS) is 1. The van der Waals surface area contributed by atoms with E-state index in [0.29, 0.717) is 52.8 Å². The smallest absolute Gasteiger partial charge is 0.311 e. The molecular weight excluding hydrogens is 517 g/mol. The quantitative estimate of drug-likeness (QED) is 0.301. The van der Waals surface area contributed by atoms with Gasteiger partial charge >= 0.3 is 5.97 Å². The van der Waals surface area contributed by atoms with Gasteiger partial charge in [0.2, 0.25) is 0 Å². The molecule has 37 heavy (non-hydrogen) atoms. The van der Waals surface area contributed by atoms with Crippen LogP contribution in [0.25, 0.3) is 0 Å². The zero-order chi connectivity index (χ0) is 26.5. The summed E-state index contributed by atoms with van der Waals surface area (Å²) in [5.74, 6) is -0.650. The van der Waals surface area contributed by atoms with Crippen LogP contribution in [0, 0.1) is 0 Å². The van der Waals surface area contributed by atoms with Gasteiger partial charge in [0.05, 0.1) is 23.7 Å². The second-order valence-corrected chi connectivity index (χ2v) is 9.80. The van der Waals surface area contributed by atoms with E-state index >= 15 is 0 Å². The number of hydrogen-bond acceptors (Lipinski definition) is 5. The number of nitrogens with one attached hydrogen (secondary N) is 1. The molecule has 1 aliphatic heterocycles. The van der Waals surface area contributed by atoms with E-state index in [-0.39, 0.29) is 17.0 Å². The van der Waals surface area contributed by atoms with Gasteiger partial charge in [0.25, 0.3) is 5.91 Å². The van der Waals surface area contributed by atoms with Crippen LogP contribution in [-0.2, 0) is 16.0 Å². The Morgan fingerprint density at radius 1 is 1.08 bits per heavy atom. The lowest BCUT2D eigenvalue weighted by atomic mass is 9.93. The number of fused-ring (bicyclic) bond motifs is 1. The molecule has 0 bridgehead atoms. The summed E-state index contributed by atoms with van der Waals surface area (Å²) in [6.45, 7) is 4.12. The van der Waals surface area contributed by atoms with Gasteiger partial charge in [0, 0.05) is 28.6 Å². The predicted molar refractivity (Wildman–Crippen MR) is 141 cm³/mol. The molecule has 0 radical (unpaired) electrons.